The lowest BCUT2D eigenvalue weighted by molar-refractivity contribution is -0.197. The second kappa shape index (κ2) is 10.5. The first kappa shape index (κ1) is 26.0. The maximum atomic E-state index is 12.4. The summed E-state index contributed by atoms with van der Waals surface area (Å²) in [7, 11) is 0. The van der Waals surface area contributed by atoms with Crippen molar-refractivity contribution in [3.63, 3.8) is 0 Å². The van der Waals surface area contributed by atoms with Crippen molar-refractivity contribution in [2.24, 2.45) is 0 Å². The van der Waals surface area contributed by atoms with Crippen LogP contribution in [-0.4, -0.2) is 77.9 Å². The Hall–Kier alpha value is -2.05. The van der Waals surface area contributed by atoms with Crippen molar-refractivity contribution in [3.8, 4) is 5.75 Å². The van der Waals surface area contributed by atoms with Gasteiger partial charge < -0.3 is 38.6 Å². The molecule has 2 fully saturated rings. The van der Waals surface area contributed by atoms with Crippen molar-refractivity contribution in [1.82, 2.24) is 15.3 Å². The van der Waals surface area contributed by atoms with E-state index in [1.807, 2.05) is 6.07 Å². The summed E-state index contributed by atoms with van der Waals surface area (Å²) in [6.07, 6.45) is 0.422. The van der Waals surface area contributed by atoms with Crippen LogP contribution in [-0.2, 0) is 40.1 Å². The minimum Gasteiger partial charge on any atom is -0.462 e. The first-order valence-corrected chi connectivity index (χ1v) is 13.9. The molecule has 2 saturated heterocycles. The van der Waals surface area contributed by atoms with Gasteiger partial charge >= 0.3 is 12.6 Å². The zero-order valence-corrected chi connectivity index (χ0v) is 21.4. The molecule has 192 valence electrons. The molecule has 6 atom stereocenters. The largest absolute Gasteiger partial charge is 0.462 e. The van der Waals surface area contributed by atoms with Crippen LogP contribution in [0.4, 0.5) is 0 Å². The average Bonchev–Trinajstić information content (AvgIpc) is 3.28. The summed E-state index contributed by atoms with van der Waals surface area (Å²) < 4.78 is 29.4. The first-order chi connectivity index (χ1) is 16.6. The fraction of sp³-hybridized carbons (Fsp3) is 0.545. The molecule has 0 spiro atoms. The molecule has 0 radical (unpaired) electrons. The number of aliphatic hydroxyl groups excluding tert-OH is 1. The maximum Gasteiger partial charge on any atom is 0.323 e. The maximum absolute atomic E-state index is 12.4. The molecule has 1 aromatic rings. The van der Waals surface area contributed by atoms with Crippen molar-refractivity contribution in [3.05, 3.63) is 42.6 Å². The van der Waals surface area contributed by atoms with E-state index in [4.69, 9.17) is 35.1 Å². The number of esters is 1. The predicted molar refractivity (Wildman–Crippen MR) is 128 cm³/mol. The van der Waals surface area contributed by atoms with Gasteiger partial charge in [-0.3, -0.25) is 9.59 Å². The number of rotatable bonds is 10. The van der Waals surface area contributed by atoms with Crippen LogP contribution in [0.3, 0.4) is 0 Å². The van der Waals surface area contributed by atoms with Crippen LogP contribution in [0, 0.1) is 0 Å². The normalized spacial score (nSPS) is 30.1. The minimum absolute atomic E-state index is 0.0882. The summed E-state index contributed by atoms with van der Waals surface area (Å²) in [6, 6.07) is 8.07. The van der Waals surface area contributed by atoms with Gasteiger partial charge in [0, 0.05) is 12.3 Å². The second-order valence-electron chi connectivity index (χ2n) is 8.83. The van der Waals surface area contributed by atoms with Gasteiger partial charge in [0.05, 0.1) is 26.0 Å². The van der Waals surface area contributed by atoms with Gasteiger partial charge in [0.15, 0.2) is 6.23 Å². The van der Waals surface area contributed by atoms with Gasteiger partial charge in [-0.1, -0.05) is 18.2 Å². The summed E-state index contributed by atoms with van der Waals surface area (Å²) in [5.74, 6) is -0.238. The Balaban J connectivity index is 1.49. The van der Waals surface area contributed by atoms with Gasteiger partial charge in [-0.05, 0) is 44.7 Å². The van der Waals surface area contributed by atoms with Crippen molar-refractivity contribution < 1.29 is 38.0 Å². The monoisotopic (exact) mass is 527 g/mol. The molecule has 1 amide bonds. The molecule has 3 aliphatic rings. The van der Waals surface area contributed by atoms with E-state index in [2.05, 4.69) is 10.4 Å². The van der Waals surface area contributed by atoms with E-state index in [-0.39, 0.29) is 31.9 Å². The number of benzene rings is 1. The van der Waals surface area contributed by atoms with Crippen molar-refractivity contribution in [2.45, 2.75) is 57.0 Å². The number of carbonyl (C=O) groups excluding carboxylic acids is 2. The highest BCUT2D eigenvalue weighted by atomic mass is 32.5. The second-order valence-corrected chi connectivity index (χ2v) is 12.0. The predicted octanol–water partition coefficient (Wildman–Crippen LogP) is 0.994. The van der Waals surface area contributed by atoms with E-state index < -0.39 is 42.7 Å². The number of ether oxygens (including phenoxy) is 3. The van der Waals surface area contributed by atoms with E-state index in [0.717, 1.165) is 0 Å². The third-order valence-electron chi connectivity index (χ3n) is 5.69. The number of aliphatic hydroxyl groups is 1. The Morgan fingerprint density at radius 2 is 2.11 bits per heavy atom. The Morgan fingerprint density at radius 1 is 1.37 bits per heavy atom. The van der Waals surface area contributed by atoms with E-state index in [0.29, 0.717) is 5.75 Å². The van der Waals surface area contributed by atoms with Crippen LogP contribution in [0.5, 0.6) is 5.75 Å². The van der Waals surface area contributed by atoms with E-state index in [9.17, 15) is 14.7 Å². The Labute approximate surface area is 208 Å². The number of amides is 1. The van der Waals surface area contributed by atoms with Gasteiger partial charge in [0.1, 0.15) is 29.6 Å². The summed E-state index contributed by atoms with van der Waals surface area (Å²) >= 11 is 5.75. The molecule has 11 nitrogen and oxygen atoms in total. The van der Waals surface area contributed by atoms with Crippen molar-refractivity contribution >= 4 is 30.3 Å². The van der Waals surface area contributed by atoms with Crippen molar-refractivity contribution in [1.29, 1.82) is 0 Å². The number of para-hydroxylation sites is 1. The number of carbonyl (C=O) groups is 2. The number of hydrogen-bond donors (Lipinski definition) is 3. The topological polar surface area (TPSA) is 128 Å². The lowest BCUT2D eigenvalue weighted by Crippen LogP contribution is -2.51. The molecular weight excluding hydrogens is 497 g/mol. The number of nitrogens with one attached hydrogen (secondary N) is 2. The molecule has 0 aliphatic carbocycles. The number of hydrogen-bond acceptors (Lipinski definition) is 10. The molecule has 2 bridgehead atoms. The van der Waals surface area contributed by atoms with Gasteiger partial charge in [-0.15, -0.1) is 0 Å². The van der Waals surface area contributed by atoms with Gasteiger partial charge in [-0.2, -0.15) is 0 Å². The van der Waals surface area contributed by atoms with E-state index in [1.165, 1.54) is 6.08 Å². The number of nitrogens with zero attached hydrogens (tertiary/aromatic N) is 1. The molecule has 13 heteroatoms. The molecule has 3 heterocycles. The SMILES string of the molecule is CC(C)OC(=O)C(C)NP(=S)(OCC12COC(C(N3C=CC(=O)NC3)O1)C2O)Oc1ccccc1. The summed E-state index contributed by atoms with van der Waals surface area (Å²) in [4.78, 5) is 25.6. The van der Waals surface area contributed by atoms with E-state index >= 15 is 0 Å². The number of fused-ring (bicyclic) bond motifs is 2. The molecule has 0 saturated carbocycles. The molecule has 1 aromatic carbocycles. The summed E-state index contributed by atoms with van der Waals surface area (Å²) in [6.45, 7) is 1.97. The highest BCUT2D eigenvalue weighted by Gasteiger charge is 2.63. The quantitative estimate of drug-likeness (QED) is 0.298. The summed E-state index contributed by atoms with van der Waals surface area (Å²) in [5, 5.41) is 16.6. The van der Waals surface area contributed by atoms with Gasteiger partial charge in [0.25, 0.3) is 0 Å². The zero-order valence-electron chi connectivity index (χ0n) is 19.7. The minimum atomic E-state index is -3.32. The fourth-order valence-electron chi connectivity index (χ4n) is 3.93. The zero-order chi connectivity index (χ0) is 25.2. The van der Waals surface area contributed by atoms with Gasteiger partial charge in [-0.25, -0.2) is 5.09 Å². The third kappa shape index (κ3) is 5.86. The van der Waals surface area contributed by atoms with Crippen molar-refractivity contribution in [2.75, 3.05) is 19.9 Å². The summed E-state index contributed by atoms with van der Waals surface area (Å²) in [5.41, 5.74) is -1.20. The highest BCUT2D eigenvalue weighted by molar-refractivity contribution is 8.09. The third-order valence-corrected chi connectivity index (χ3v) is 8.17. The Bertz CT molecular complexity index is 1010. The lowest BCUT2D eigenvalue weighted by atomic mass is 10.0. The van der Waals surface area contributed by atoms with Crippen LogP contribution in [0.1, 0.15) is 20.8 Å². The van der Waals surface area contributed by atoms with Crippen LogP contribution < -0.4 is 14.9 Å². The molecule has 0 aromatic heterocycles. The molecular formula is C22H30N3O8PS. The first-order valence-electron chi connectivity index (χ1n) is 11.3. The Morgan fingerprint density at radius 3 is 2.77 bits per heavy atom. The fourth-order valence-corrected chi connectivity index (χ4v) is 6.37. The van der Waals surface area contributed by atoms with Crippen LogP contribution in [0.15, 0.2) is 42.6 Å². The molecule has 3 aliphatic heterocycles. The van der Waals surface area contributed by atoms with Gasteiger partial charge in [0.2, 0.25) is 5.91 Å². The lowest BCUT2D eigenvalue weighted by Gasteiger charge is -2.37. The Kier molecular flexibility index (Phi) is 7.82. The molecule has 35 heavy (non-hydrogen) atoms. The highest BCUT2D eigenvalue weighted by Crippen LogP contribution is 2.49. The molecule has 3 N–H and O–H groups in total. The average molecular weight is 528 g/mol. The van der Waals surface area contributed by atoms with Crippen LogP contribution in [0.2, 0.25) is 0 Å². The smallest absolute Gasteiger partial charge is 0.323 e. The van der Waals surface area contributed by atoms with Crippen LogP contribution >= 0.6 is 6.64 Å². The van der Waals surface area contributed by atoms with E-state index in [1.54, 1.807) is 56.1 Å². The standard InChI is InChI=1S/C22H30N3O8PS/c1-14(2)31-21(28)15(3)24-34(35,33-16-7-5-4-6-8-16)30-12-22-11-29-18(19(22)27)20(32-22)25-10-9-17(26)23-13-25/h4-10,14-15,18-20,27H,11-13H2,1-3H3,(H,23,26)(H,24,35). The molecule has 4 rings (SSSR count). The van der Waals surface area contributed by atoms with Crippen LogP contribution in [0.25, 0.3) is 0 Å². The molecule has 6 unspecified atom stereocenters.